The molecule has 0 aliphatic rings. The Bertz CT molecular complexity index is 204. The molecule has 0 fully saturated rings. The minimum absolute atomic E-state index is 1.59. The average Bonchev–Trinajstić information content (AvgIpc) is 1.55. The van der Waals surface area contributed by atoms with Gasteiger partial charge < -0.3 is 0 Å². The van der Waals surface area contributed by atoms with E-state index in [0.29, 0.717) is 0 Å². The number of hydrogen-bond acceptors (Lipinski definition) is 4. The van der Waals surface area contributed by atoms with E-state index in [1.165, 1.54) is 0 Å². The van der Waals surface area contributed by atoms with Crippen LogP contribution in [0.25, 0.3) is 0 Å². The second-order valence-electron chi connectivity index (χ2n) is 1.25. The average molecular weight is 196 g/mol. The Labute approximate surface area is 59.7 Å². The lowest BCUT2D eigenvalue weighted by Gasteiger charge is -2.04. The summed E-state index contributed by atoms with van der Waals surface area (Å²) in [6, 6.07) is 0. The smallest absolute Gasteiger partial charge is 0.264 e. The predicted molar refractivity (Wildman–Crippen MR) is 24.6 cm³/mol. The van der Waals surface area contributed by atoms with Gasteiger partial charge in [-0.1, -0.05) is 0 Å². The Balaban J connectivity index is 3.61. The van der Waals surface area contributed by atoms with Crippen LogP contribution in [0.1, 0.15) is 0 Å². The topological polar surface area (TPSA) is 72.8 Å². The molecular formula is C2H3F3O5S. The largest absolute Gasteiger partial charge is 0.524 e. The number of rotatable bonds is 3. The molecule has 0 aliphatic carbocycles. The standard InChI is InChI=1S/C2H3F3O5S/c3-2(4,5)9-1-10-11(6,7)8/h1H2,(H,6,7,8). The highest BCUT2D eigenvalue weighted by Crippen LogP contribution is 2.15. The predicted octanol–water partition coefficient (Wildman–Crippen LogP) is 0.300. The molecule has 0 atom stereocenters. The van der Waals surface area contributed by atoms with Crippen LogP contribution < -0.4 is 0 Å². The van der Waals surface area contributed by atoms with Crippen molar-refractivity contribution in [1.29, 1.82) is 0 Å². The van der Waals surface area contributed by atoms with E-state index in [1.807, 2.05) is 0 Å². The molecule has 0 rings (SSSR count). The molecule has 9 heteroatoms. The molecule has 0 spiro atoms. The lowest BCUT2D eigenvalue weighted by Crippen LogP contribution is -2.17. The van der Waals surface area contributed by atoms with Crippen molar-refractivity contribution < 1.29 is 35.1 Å². The molecule has 0 heterocycles. The van der Waals surface area contributed by atoms with Gasteiger partial charge in [-0.05, 0) is 0 Å². The molecule has 0 saturated heterocycles. The molecule has 0 saturated carbocycles. The highest BCUT2D eigenvalue weighted by atomic mass is 32.3. The van der Waals surface area contributed by atoms with Crippen molar-refractivity contribution in [2.24, 2.45) is 0 Å². The molecule has 0 aromatic rings. The van der Waals surface area contributed by atoms with Gasteiger partial charge in [-0.3, -0.25) is 9.29 Å². The van der Waals surface area contributed by atoms with Crippen molar-refractivity contribution in [2.45, 2.75) is 6.36 Å². The van der Waals surface area contributed by atoms with E-state index in [1.54, 1.807) is 0 Å². The maximum Gasteiger partial charge on any atom is 0.524 e. The van der Waals surface area contributed by atoms with E-state index in [4.69, 9.17) is 4.55 Å². The molecule has 68 valence electrons. The zero-order valence-electron chi connectivity index (χ0n) is 4.83. The number of halogens is 3. The van der Waals surface area contributed by atoms with Crippen LogP contribution in [0.2, 0.25) is 0 Å². The van der Waals surface area contributed by atoms with Crippen molar-refractivity contribution in [3.05, 3.63) is 0 Å². The molecular weight excluding hydrogens is 193 g/mol. The summed E-state index contributed by atoms with van der Waals surface area (Å²) in [7, 11) is -4.87. The summed E-state index contributed by atoms with van der Waals surface area (Å²) in [6.07, 6.45) is -4.98. The van der Waals surface area contributed by atoms with Crippen LogP contribution in [0, 0.1) is 0 Å². The first-order valence-electron chi connectivity index (χ1n) is 2.03. The number of alkyl halides is 3. The quantitative estimate of drug-likeness (QED) is 0.519. The van der Waals surface area contributed by atoms with Crippen molar-refractivity contribution in [2.75, 3.05) is 6.79 Å². The molecule has 0 aromatic heterocycles. The van der Waals surface area contributed by atoms with Gasteiger partial charge >= 0.3 is 16.8 Å². The van der Waals surface area contributed by atoms with Gasteiger partial charge in [-0.25, -0.2) is 4.18 Å². The Kier molecular flexibility index (Phi) is 3.23. The fraction of sp³-hybridized carbons (Fsp3) is 1.00. The van der Waals surface area contributed by atoms with Crippen molar-refractivity contribution in [3.63, 3.8) is 0 Å². The maximum atomic E-state index is 11.1. The van der Waals surface area contributed by atoms with Gasteiger partial charge in [0.1, 0.15) is 0 Å². The molecule has 0 amide bonds. The zero-order valence-corrected chi connectivity index (χ0v) is 5.65. The normalized spacial score (nSPS) is 13.5. The van der Waals surface area contributed by atoms with Gasteiger partial charge in [0.15, 0.2) is 6.79 Å². The van der Waals surface area contributed by atoms with E-state index in [9.17, 15) is 21.6 Å². The molecule has 0 aliphatic heterocycles. The molecule has 5 nitrogen and oxygen atoms in total. The van der Waals surface area contributed by atoms with Crippen LogP contribution in [0.3, 0.4) is 0 Å². The van der Waals surface area contributed by atoms with E-state index in [2.05, 4.69) is 8.92 Å². The number of ether oxygens (including phenoxy) is 1. The summed E-state index contributed by atoms with van der Waals surface area (Å²) >= 11 is 0. The van der Waals surface area contributed by atoms with Crippen molar-refractivity contribution >= 4 is 10.4 Å². The van der Waals surface area contributed by atoms with Gasteiger partial charge in [0, 0.05) is 0 Å². The van der Waals surface area contributed by atoms with Crippen LogP contribution in [0.5, 0.6) is 0 Å². The van der Waals surface area contributed by atoms with Gasteiger partial charge in [-0.2, -0.15) is 8.42 Å². The summed E-state index contributed by atoms with van der Waals surface area (Å²) in [6.45, 7) is -1.59. The van der Waals surface area contributed by atoms with E-state index in [0.717, 1.165) is 0 Å². The Morgan fingerprint density at radius 2 is 1.82 bits per heavy atom. The SMILES string of the molecule is O=S(=O)(O)OCOC(F)(F)F. The second-order valence-corrected chi connectivity index (χ2v) is 2.34. The minimum Gasteiger partial charge on any atom is -0.264 e. The Morgan fingerprint density at radius 1 is 1.36 bits per heavy atom. The fourth-order valence-corrected chi connectivity index (χ4v) is 0.321. The Hall–Kier alpha value is -0.380. The highest BCUT2D eigenvalue weighted by Gasteiger charge is 2.29. The fourth-order valence-electron chi connectivity index (χ4n) is 0.152. The Morgan fingerprint density at radius 3 is 2.09 bits per heavy atom. The molecule has 0 aromatic carbocycles. The highest BCUT2D eigenvalue weighted by molar-refractivity contribution is 7.80. The van der Waals surface area contributed by atoms with E-state index in [-0.39, 0.29) is 0 Å². The summed E-state index contributed by atoms with van der Waals surface area (Å²) < 4.78 is 66.1. The summed E-state index contributed by atoms with van der Waals surface area (Å²) in [5.41, 5.74) is 0. The zero-order chi connectivity index (χ0) is 9.12. The molecule has 0 bridgehead atoms. The van der Waals surface area contributed by atoms with Gasteiger partial charge in [0.2, 0.25) is 0 Å². The summed E-state index contributed by atoms with van der Waals surface area (Å²) in [5.74, 6) is 0. The lowest BCUT2D eigenvalue weighted by atomic mass is 11.3. The first kappa shape index (κ1) is 10.6. The summed E-state index contributed by atoms with van der Waals surface area (Å²) in [5, 5.41) is 0. The van der Waals surface area contributed by atoms with Crippen LogP contribution in [-0.4, -0.2) is 26.1 Å². The first-order valence-corrected chi connectivity index (χ1v) is 3.40. The van der Waals surface area contributed by atoms with Gasteiger partial charge in [0.25, 0.3) is 0 Å². The van der Waals surface area contributed by atoms with Crippen LogP contribution in [-0.2, 0) is 19.3 Å². The maximum absolute atomic E-state index is 11.1. The van der Waals surface area contributed by atoms with E-state index < -0.39 is 23.6 Å². The molecule has 1 N–H and O–H groups in total. The number of hydrogen-bond donors (Lipinski definition) is 1. The third-order valence-electron chi connectivity index (χ3n) is 0.420. The van der Waals surface area contributed by atoms with Crippen molar-refractivity contribution in [3.8, 4) is 0 Å². The van der Waals surface area contributed by atoms with Crippen LogP contribution in [0.4, 0.5) is 13.2 Å². The second kappa shape index (κ2) is 3.34. The lowest BCUT2D eigenvalue weighted by molar-refractivity contribution is -0.341. The van der Waals surface area contributed by atoms with Gasteiger partial charge in [-0.15, -0.1) is 13.2 Å². The third kappa shape index (κ3) is 9.62. The first-order chi connectivity index (χ1) is 4.71. The minimum atomic E-state index is -4.98. The molecule has 11 heavy (non-hydrogen) atoms. The third-order valence-corrected chi connectivity index (χ3v) is 0.814. The summed E-state index contributed by atoms with van der Waals surface area (Å²) in [4.78, 5) is 0. The van der Waals surface area contributed by atoms with Crippen LogP contribution >= 0.6 is 0 Å². The van der Waals surface area contributed by atoms with Crippen LogP contribution in [0.15, 0.2) is 0 Å². The van der Waals surface area contributed by atoms with Gasteiger partial charge in [0.05, 0.1) is 0 Å². The molecule has 0 unspecified atom stereocenters. The van der Waals surface area contributed by atoms with Crippen molar-refractivity contribution in [1.82, 2.24) is 0 Å². The molecule has 0 radical (unpaired) electrons. The van der Waals surface area contributed by atoms with E-state index >= 15 is 0 Å². The monoisotopic (exact) mass is 196 g/mol.